The Labute approximate surface area is 37.7 Å². The maximum atomic E-state index is 11.1. The van der Waals surface area contributed by atoms with Gasteiger partial charge in [0.1, 0.15) is 6.67 Å². The molecule has 35 valence electrons. The molecular weight excluding hydrogens is 79.1 g/mol. The van der Waals surface area contributed by atoms with Crippen LogP contribution in [0.3, 0.4) is 0 Å². The molecule has 1 radical (unpaired) electrons. The van der Waals surface area contributed by atoms with Crippen LogP contribution in [0.15, 0.2) is 11.6 Å². The smallest absolute Gasteiger partial charge is 0.108 e. The summed E-state index contributed by atoms with van der Waals surface area (Å²) < 4.78 is 11.1. The Kier molecular flexibility index (Phi) is 2.73. The third-order valence-electron chi connectivity index (χ3n) is 0.426. The maximum Gasteiger partial charge on any atom is 0.108 e. The minimum absolute atomic E-state index is 0.394. The van der Waals surface area contributed by atoms with E-state index in [9.17, 15) is 4.39 Å². The van der Waals surface area contributed by atoms with Crippen LogP contribution in [0.1, 0.15) is 6.92 Å². The lowest BCUT2D eigenvalue weighted by Gasteiger charge is -1.77. The Morgan fingerprint density at radius 1 is 2.00 bits per heavy atom. The quantitative estimate of drug-likeness (QED) is 0.457. The van der Waals surface area contributed by atoms with Gasteiger partial charge in [0.2, 0.25) is 0 Å². The summed E-state index contributed by atoms with van der Waals surface area (Å²) in [6, 6.07) is 0. The molecule has 1 heteroatoms. The van der Waals surface area contributed by atoms with Crippen molar-refractivity contribution in [1.29, 1.82) is 0 Å². The second-order valence-electron chi connectivity index (χ2n) is 1.20. The van der Waals surface area contributed by atoms with Gasteiger partial charge in [-0.2, -0.15) is 0 Å². The lowest BCUT2D eigenvalue weighted by Crippen LogP contribution is -1.64. The number of hydrogen-bond donors (Lipinski definition) is 0. The molecule has 0 atom stereocenters. The Hall–Kier alpha value is -0.330. The normalized spacial score (nSPS) is 12.2. The van der Waals surface area contributed by atoms with Crippen LogP contribution in [0.4, 0.5) is 4.39 Å². The molecule has 0 fully saturated rings. The van der Waals surface area contributed by atoms with Gasteiger partial charge in [0.15, 0.2) is 0 Å². The Morgan fingerprint density at radius 3 is 2.50 bits per heavy atom. The molecule has 0 aliphatic rings. The van der Waals surface area contributed by atoms with E-state index in [1.165, 1.54) is 6.08 Å². The van der Waals surface area contributed by atoms with E-state index in [0.717, 1.165) is 5.57 Å². The second-order valence-corrected chi connectivity index (χ2v) is 1.20. The van der Waals surface area contributed by atoms with E-state index in [4.69, 9.17) is 0 Å². The van der Waals surface area contributed by atoms with Crippen molar-refractivity contribution >= 4 is 0 Å². The highest BCUT2D eigenvalue weighted by Gasteiger charge is 1.70. The van der Waals surface area contributed by atoms with E-state index in [2.05, 4.69) is 6.92 Å². The van der Waals surface area contributed by atoms with Crippen LogP contribution < -0.4 is 0 Å². The Bertz CT molecular complexity index is 51.0. The average molecular weight is 87.1 g/mol. The summed E-state index contributed by atoms with van der Waals surface area (Å²) in [5.41, 5.74) is 0.789. The molecule has 0 aliphatic carbocycles. The molecule has 0 N–H and O–H groups in total. The van der Waals surface area contributed by atoms with Crippen molar-refractivity contribution in [3.05, 3.63) is 18.6 Å². The predicted molar refractivity (Wildman–Crippen MR) is 25.1 cm³/mol. The standard InChI is InChI=1S/C5H8F/c1-5(2)3-4-6/h3H,1,4H2,2H3. The zero-order valence-electron chi connectivity index (χ0n) is 3.87. The van der Waals surface area contributed by atoms with E-state index < -0.39 is 6.67 Å². The number of rotatable bonds is 1. The van der Waals surface area contributed by atoms with Crippen molar-refractivity contribution in [3.8, 4) is 0 Å². The zero-order chi connectivity index (χ0) is 4.99. The van der Waals surface area contributed by atoms with Crippen LogP contribution in [-0.4, -0.2) is 6.67 Å². The lowest BCUT2D eigenvalue weighted by molar-refractivity contribution is 0.560. The minimum Gasteiger partial charge on any atom is -0.247 e. The van der Waals surface area contributed by atoms with Crippen molar-refractivity contribution in [2.45, 2.75) is 6.92 Å². The highest BCUT2D eigenvalue weighted by atomic mass is 19.1. The first kappa shape index (κ1) is 5.67. The van der Waals surface area contributed by atoms with Gasteiger partial charge in [0.05, 0.1) is 0 Å². The van der Waals surface area contributed by atoms with Crippen molar-refractivity contribution in [3.63, 3.8) is 0 Å². The van der Waals surface area contributed by atoms with Gasteiger partial charge in [0, 0.05) is 0 Å². The van der Waals surface area contributed by atoms with E-state index in [-0.39, 0.29) is 0 Å². The molecule has 0 aliphatic heterocycles. The van der Waals surface area contributed by atoms with Gasteiger partial charge in [-0.1, -0.05) is 11.6 Å². The largest absolute Gasteiger partial charge is 0.247 e. The van der Waals surface area contributed by atoms with Gasteiger partial charge in [0.25, 0.3) is 0 Å². The molecule has 0 aromatic heterocycles. The van der Waals surface area contributed by atoms with Crippen molar-refractivity contribution in [2.75, 3.05) is 6.67 Å². The molecule has 0 heterocycles. The first-order valence-electron chi connectivity index (χ1n) is 1.82. The summed E-state index contributed by atoms with van der Waals surface area (Å²) in [6.45, 7) is 4.82. The van der Waals surface area contributed by atoms with Gasteiger partial charge in [-0.05, 0) is 13.8 Å². The Morgan fingerprint density at radius 2 is 2.50 bits per heavy atom. The number of halogens is 1. The number of alkyl halides is 1. The van der Waals surface area contributed by atoms with Gasteiger partial charge in [-0.15, -0.1) is 0 Å². The molecule has 0 rings (SSSR count). The molecule has 0 saturated heterocycles. The first-order chi connectivity index (χ1) is 2.77. The molecule has 0 nitrogen and oxygen atoms in total. The fourth-order valence-corrected chi connectivity index (χ4v) is 0.132. The van der Waals surface area contributed by atoms with Crippen molar-refractivity contribution in [2.24, 2.45) is 0 Å². The monoisotopic (exact) mass is 87.1 g/mol. The van der Waals surface area contributed by atoms with Gasteiger partial charge in [-0.25, -0.2) is 4.39 Å². The second kappa shape index (κ2) is 2.88. The molecule has 0 bridgehead atoms. The Balaban J connectivity index is 3.14. The zero-order valence-corrected chi connectivity index (χ0v) is 3.87. The van der Waals surface area contributed by atoms with Crippen LogP contribution in [0.25, 0.3) is 0 Å². The van der Waals surface area contributed by atoms with Gasteiger partial charge >= 0.3 is 0 Å². The molecule has 0 unspecified atom stereocenters. The van der Waals surface area contributed by atoms with Crippen molar-refractivity contribution in [1.82, 2.24) is 0 Å². The van der Waals surface area contributed by atoms with Crippen LogP contribution >= 0.6 is 0 Å². The molecule has 0 amide bonds. The summed E-state index contributed by atoms with van der Waals surface area (Å²) in [7, 11) is 0. The first-order valence-corrected chi connectivity index (χ1v) is 1.82. The lowest BCUT2D eigenvalue weighted by atomic mass is 10.3. The summed E-state index contributed by atoms with van der Waals surface area (Å²) in [4.78, 5) is 0. The fourth-order valence-electron chi connectivity index (χ4n) is 0.132. The van der Waals surface area contributed by atoms with E-state index >= 15 is 0 Å². The molecule has 0 aromatic rings. The van der Waals surface area contributed by atoms with Crippen molar-refractivity contribution < 1.29 is 4.39 Å². The average Bonchev–Trinajstić information content (AvgIpc) is 1.35. The van der Waals surface area contributed by atoms with Crippen LogP contribution in [0, 0.1) is 6.92 Å². The van der Waals surface area contributed by atoms with Crippen LogP contribution in [0.2, 0.25) is 0 Å². The van der Waals surface area contributed by atoms with E-state index in [1.807, 2.05) is 0 Å². The third kappa shape index (κ3) is 3.67. The number of hydrogen-bond acceptors (Lipinski definition) is 0. The molecule has 6 heavy (non-hydrogen) atoms. The molecular formula is C5H8F. The summed E-state index contributed by atoms with van der Waals surface area (Å²) in [5, 5.41) is 0. The molecule has 0 saturated carbocycles. The molecule has 0 aromatic carbocycles. The molecule has 0 spiro atoms. The summed E-state index contributed by atoms with van der Waals surface area (Å²) in [6.07, 6.45) is 1.43. The highest BCUT2D eigenvalue weighted by Crippen LogP contribution is 1.84. The van der Waals surface area contributed by atoms with E-state index in [1.54, 1.807) is 6.92 Å². The van der Waals surface area contributed by atoms with Crippen LogP contribution in [0.5, 0.6) is 0 Å². The topological polar surface area (TPSA) is 0 Å². The van der Waals surface area contributed by atoms with E-state index in [0.29, 0.717) is 0 Å². The SMILES string of the molecule is [CH2]C(C)=CCF. The summed E-state index contributed by atoms with van der Waals surface area (Å²) >= 11 is 0. The summed E-state index contributed by atoms with van der Waals surface area (Å²) in [5.74, 6) is 0. The third-order valence-corrected chi connectivity index (χ3v) is 0.426. The minimum atomic E-state index is -0.394. The maximum absolute atomic E-state index is 11.1. The fraction of sp³-hybridized carbons (Fsp3) is 0.400. The number of allylic oxidation sites excluding steroid dienone is 2. The highest BCUT2D eigenvalue weighted by molar-refractivity contribution is 5.00. The predicted octanol–water partition coefficient (Wildman–Crippen LogP) is 1.74. The van der Waals surface area contributed by atoms with Gasteiger partial charge < -0.3 is 0 Å². The van der Waals surface area contributed by atoms with Crippen LogP contribution in [-0.2, 0) is 0 Å². The van der Waals surface area contributed by atoms with Gasteiger partial charge in [-0.3, -0.25) is 0 Å².